The van der Waals surface area contributed by atoms with Gasteiger partial charge in [0.25, 0.3) is 5.91 Å². The topological polar surface area (TPSA) is 69.7 Å². The normalized spacial score (nSPS) is 21.1. The first-order valence-corrected chi connectivity index (χ1v) is 10.6. The first-order valence-electron chi connectivity index (χ1n) is 10.6. The molecule has 0 spiro atoms. The van der Waals surface area contributed by atoms with Crippen molar-refractivity contribution < 1.29 is 14.4 Å². The number of imide groups is 1. The zero-order valence-electron chi connectivity index (χ0n) is 17.5. The third kappa shape index (κ3) is 3.36. The van der Waals surface area contributed by atoms with E-state index in [0.717, 1.165) is 52.6 Å². The number of urea groups is 1. The molecule has 0 saturated carbocycles. The Hall–Kier alpha value is -3.15. The second kappa shape index (κ2) is 7.94. The first-order chi connectivity index (χ1) is 14.5. The zero-order valence-corrected chi connectivity index (χ0v) is 17.5. The lowest BCUT2D eigenvalue weighted by molar-refractivity contribution is -0.138. The number of amides is 4. The van der Waals surface area contributed by atoms with E-state index in [1.165, 1.54) is 0 Å². The summed E-state index contributed by atoms with van der Waals surface area (Å²) < 4.78 is 0. The maximum Gasteiger partial charge on any atom is 0.325 e. The number of fused-ring (bicyclic) bond motifs is 1. The van der Waals surface area contributed by atoms with Gasteiger partial charge in [0.05, 0.1) is 0 Å². The molecule has 0 aromatic heterocycles. The highest BCUT2D eigenvalue weighted by Gasteiger charge is 2.50. The van der Waals surface area contributed by atoms with Crippen LogP contribution in [0.15, 0.2) is 54.2 Å². The lowest BCUT2D eigenvalue weighted by Gasteiger charge is -2.26. The summed E-state index contributed by atoms with van der Waals surface area (Å²) in [6.45, 7) is 4.07. The number of allylic oxidation sites excluding steroid dienone is 2. The Bertz CT molecular complexity index is 1040. The fourth-order valence-corrected chi connectivity index (χ4v) is 4.46. The van der Waals surface area contributed by atoms with Crippen molar-refractivity contribution in [1.82, 2.24) is 15.1 Å². The lowest BCUT2D eigenvalue weighted by Crippen LogP contribution is -2.44. The minimum atomic E-state index is -1.21. The van der Waals surface area contributed by atoms with E-state index >= 15 is 0 Å². The van der Waals surface area contributed by atoms with Crippen LogP contribution in [0.1, 0.15) is 45.1 Å². The summed E-state index contributed by atoms with van der Waals surface area (Å²) in [5, 5.41) is 4.74. The second-order valence-corrected chi connectivity index (χ2v) is 8.11. The molecule has 4 amide bonds. The largest absolute Gasteiger partial charge is 0.325 e. The van der Waals surface area contributed by atoms with Gasteiger partial charge < -0.3 is 10.2 Å². The average Bonchev–Trinajstić information content (AvgIpc) is 3.35. The molecule has 1 unspecified atom stereocenters. The molecular weight excluding hydrogens is 378 g/mol. The Morgan fingerprint density at radius 2 is 1.93 bits per heavy atom. The molecule has 2 aromatic carbocycles. The summed E-state index contributed by atoms with van der Waals surface area (Å²) in [7, 11) is 0. The Labute approximate surface area is 176 Å². The molecule has 1 atom stereocenters. The molecule has 0 bridgehead atoms. The van der Waals surface area contributed by atoms with Gasteiger partial charge in [-0.05, 0) is 48.9 Å². The van der Waals surface area contributed by atoms with Crippen molar-refractivity contribution in [2.75, 3.05) is 13.1 Å². The summed E-state index contributed by atoms with van der Waals surface area (Å²) in [5.41, 5.74) is 0.531. The van der Waals surface area contributed by atoms with Gasteiger partial charge in [0, 0.05) is 12.2 Å². The van der Waals surface area contributed by atoms with E-state index in [4.69, 9.17) is 0 Å². The van der Waals surface area contributed by atoms with Crippen LogP contribution in [-0.2, 0) is 15.1 Å². The third-order valence-electron chi connectivity index (χ3n) is 6.01. The van der Waals surface area contributed by atoms with Gasteiger partial charge in [-0.3, -0.25) is 14.5 Å². The van der Waals surface area contributed by atoms with E-state index in [0.29, 0.717) is 6.54 Å². The Morgan fingerprint density at radius 3 is 2.67 bits per heavy atom. The van der Waals surface area contributed by atoms with Crippen LogP contribution in [-0.4, -0.2) is 40.7 Å². The molecule has 2 aromatic rings. The van der Waals surface area contributed by atoms with Gasteiger partial charge >= 0.3 is 6.03 Å². The molecule has 156 valence electrons. The molecule has 6 nitrogen and oxygen atoms in total. The van der Waals surface area contributed by atoms with Gasteiger partial charge in [-0.2, -0.15) is 0 Å². The second-order valence-electron chi connectivity index (χ2n) is 8.11. The fourth-order valence-electron chi connectivity index (χ4n) is 4.46. The monoisotopic (exact) mass is 405 g/mol. The van der Waals surface area contributed by atoms with Crippen molar-refractivity contribution in [3.8, 4) is 0 Å². The maximum absolute atomic E-state index is 13.4. The molecule has 1 saturated heterocycles. The van der Waals surface area contributed by atoms with Gasteiger partial charge in [0.1, 0.15) is 12.1 Å². The van der Waals surface area contributed by atoms with Crippen molar-refractivity contribution in [3.63, 3.8) is 0 Å². The minimum Gasteiger partial charge on any atom is -0.319 e. The van der Waals surface area contributed by atoms with Crippen LogP contribution >= 0.6 is 0 Å². The highest BCUT2D eigenvalue weighted by atomic mass is 16.2. The van der Waals surface area contributed by atoms with Crippen LogP contribution in [0.25, 0.3) is 10.8 Å². The number of rotatable bonds is 6. The number of nitrogens with one attached hydrogen (secondary N) is 1. The first kappa shape index (κ1) is 20.1. The number of benzene rings is 2. The van der Waals surface area contributed by atoms with Crippen LogP contribution in [0.5, 0.6) is 0 Å². The summed E-state index contributed by atoms with van der Waals surface area (Å²) in [6, 6.07) is 13.0. The van der Waals surface area contributed by atoms with Gasteiger partial charge in [0.15, 0.2) is 0 Å². The predicted octanol–water partition coefficient (Wildman–Crippen LogP) is 3.91. The van der Waals surface area contributed by atoms with E-state index in [1.54, 1.807) is 11.8 Å². The van der Waals surface area contributed by atoms with Crippen molar-refractivity contribution in [1.29, 1.82) is 0 Å². The van der Waals surface area contributed by atoms with E-state index < -0.39 is 17.5 Å². The fraction of sp³-hybridized carbons (Fsp3) is 0.375. The maximum atomic E-state index is 13.4. The Balaban J connectivity index is 1.61. The molecule has 1 aliphatic carbocycles. The smallest absolute Gasteiger partial charge is 0.319 e. The average molecular weight is 405 g/mol. The van der Waals surface area contributed by atoms with Gasteiger partial charge in [-0.1, -0.05) is 55.5 Å². The van der Waals surface area contributed by atoms with E-state index in [-0.39, 0.29) is 12.5 Å². The summed E-state index contributed by atoms with van der Waals surface area (Å²) in [5.74, 6) is -0.607. The number of carbonyl (C=O) groups excluding carboxylic acids is 3. The van der Waals surface area contributed by atoms with Crippen LogP contribution < -0.4 is 5.32 Å². The number of hydrogen-bond acceptors (Lipinski definition) is 3. The molecule has 1 fully saturated rings. The van der Waals surface area contributed by atoms with Gasteiger partial charge in [-0.15, -0.1) is 0 Å². The number of carbonyl (C=O) groups is 3. The van der Waals surface area contributed by atoms with Crippen LogP contribution in [0.4, 0.5) is 4.79 Å². The summed E-state index contributed by atoms with van der Waals surface area (Å²) in [6.07, 6.45) is 5.76. The lowest BCUT2D eigenvalue weighted by atomic mass is 9.88. The SMILES string of the molecule is CCCN(C(=O)CN1C(=O)NC(C)(c2cccc3ccccc23)C1=O)C1=CCCC1. The van der Waals surface area contributed by atoms with Gasteiger partial charge in [-0.25, -0.2) is 4.79 Å². The molecule has 0 radical (unpaired) electrons. The zero-order chi connectivity index (χ0) is 21.3. The van der Waals surface area contributed by atoms with Crippen molar-refractivity contribution in [2.45, 2.75) is 45.1 Å². The standard InChI is InChI=1S/C24H27N3O3/c1-3-15-26(18-11-5-6-12-18)21(28)16-27-22(29)24(2,25-23(27)30)20-14-8-10-17-9-4-7-13-19(17)20/h4,7-11,13-14H,3,5-6,12,15-16H2,1-2H3,(H,25,30). The number of nitrogens with zero attached hydrogens (tertiary/aromatic N) is 2. The van der Waals surface area contributed by atoms with Crippen molar-refractivity contribution in [2.24, 2.45) is 0 Å². The highest BCUT2D eigenvalue weighted by molar-refractivity contribution is 6.10. The van der Waals surface area contributed by atoms with Crippen molar-refractivity contribution >= 4 is 28.6 Å². The van der Waals surface area contributed by atoms with E-state index in [1.807, 2.05) is 49.4 Å². The summed E-state index contributed by atoms with van der Waals surface area (Å²) >= 11 is 0. The molecular formula is C24H27N3O3. The van der Waals surface area contributed by atoms with E-state index in [9.17, 15) is 14.4 Å². The Morgan fingerprint density at radius 1 is 1.17 bits per heavy atom. The minimum absolute atomic E-state index is 0.212. The number of hydrogen-bond donors (Lipinski definition) is 1. The molecule has 2 aliphatic rings. The van der Waals surface area contributed by atoms with Crippen LogP contribution in [0.2, 0.25) is 0 Å². The molecule has 4 rings (SSSR count). The molecule has 1 aliphatic heterocycles. The van der Waals surface area contributed by atoms with E-state index in [2.05, 4.69) is 11.4 Å². The van der Waals surface area contributed by atoms with Crippen LogP contribution in [0.3, 0.4) is 0 Å². The van der Waals surface area contributed by atoms with Crippen LogP contribution in [0, 0.1) is 0 Å². The van der Waals surface area contributed by atoms with Crippen molar-refractivity contribution in [3.05, 3.63) is 59.8 Å². The highest BCUT2D eigenvalue weighted by Crippen LogP contribution is 2.34. The third-order valence-corrected chi connectivity index (χ3v) is 6.01. The quantitative estimate of drug-likeness (QED) is 0.741. The Kier molecular flexibility index (Phi) is 5.33. The van der Waals surface area contributed by atoms with Gasteiger partial charge in [0.2, 0.25) is 5.91 Å². The molecule has 1 heterocycles. The predicted molar refractivity (Wildman–Crippen MR) is 115 cm³/mol. The molecule has 30 heavy (non-hydrogen) atoms. The molecule has 1 N–H and O–H groups in total. The molecule has 6 heteroatoms. The summed E-state index contributed by atoms with van der Waals surface area (Å²) in [4.78, 5) is 42.0.